The van der Waals surface area contributed by atoms with Gasteiger partial charge >= 0.3 is 6.03 Å². The second-order valence-electron chi connectivity index (χ2n) is 4.53. The van der Waals surface area contributed by atoms with Crippen molar-refractivity contribution < 1.29 is 14.3 Å². The molecule has 7 heteroatoms. The molecule has 1 aromatic rings. The van der Waals surface area contributed by atoms with E-state index in [0.29, 0.717) is 13.0 Å². The monoisotopic (exact) mass is 278 g/mol. The fourth-order valence-electron chi connectivity index (χ4n) is 2.19. The molecule has 20 heavy (non-hydrogen) atoms. The fourth-order valence-corrected chi connectivity index (χ4v) is 2.19. The molecule has 2 rings (SSSR count). The molecule has 0 saturated carbocycles. The molecule has 1 unspecified atom stereocenters. The third-order valence-corrected chi connectivity index (χ3v) is 3.26. The first-order chi connectivity index (χ1) is 9.61. The van der Waals surface area contributed by atoms with Gasteiger partial charge in [-0.1, -0.05) is 0 Å². The van der Waals surface area contributed by atoms with Gasteiger partial charge in [-0.05, 0) is 37.1 Å². The number of likely N-dealkylation sites (tertiary alicyclic amines) is 1. The quantitative estimate of drug-likeness (QED) is 0.706. The highest BCUT2D eigenvalue weighted by Gasteiger charge is 2.32. The van der Waals surface area contributed by atoms with E-state index in [-0.39, 0.29) is 5.91 Å². The van der Waals surface area contributed by atoms with Crippen LogP contribution in [0, 0.1) is 0 Å². The number of primary amides is 1. The van der Waals surface area contributed by atoms with Gasteiger partial charge in [0.15, 0.2) is 0 Å². The van der Waals surface area contributed by atoms with Crippen LogP contribution in [0.1, 0.15) is 12.8 Å². The zero-order chi connectivity index (χ0) is 14.5. The van der Waals surface area contributed by atoms with Crippen LogP contribution < -0.4 is 21.3 Å². The van der Waals surface area contributed by atoms with Crippen LogP contribution in [-0.4, -0.2) is 36.5 Å². The van der Waals surface area contributed by atoms with Crippen molar-refractivity contribution in [2.24, 2.45) is 5.73 Å². The van der Waals surface area contributed by atoms with Crippen LogP contribution in [0.3, 0.4) is 0 Å². The van der Waals surface area contributed by atoms with Crippen molar-refractivity contribution in [3.05, 3.63) is 24.3 Å². The van der Waals surface area contributed by atoms with Crippen LogP contribution >= 0.6 is 0 Å². The number of hydrogen-bond donors (Lipinski definition) is 3. The van der Waals surface area contributed by atoms with Crippen LogP contribution in [0.15, 0.2) is 24.3 Å². The molecule has 108 valence electrons. The topological polar surface area (TPSA) is 96.7 Å². The lowest BCUT2D eigenvalue weighted by atomic mass is 10.2. The molecule has 0 aliphatic carbocycles. The van der Waals surface area contributed by atoms with Gasteiger partial charge in [0.25, 0.3) is 5.91 Å². The Bertz CT molecular complexity index is 489. The molecule has 0 bridgehead atoms. The molecule has 0 spiro atoms. The maximum atomic E-state index is 12.0. The van der Waals surface area contributed by atoms with Crippen molar-refractivity contribution in [1.82, 2.24) is 10.3 Å². The van der Waals surface area contributed by atoms with Crippen LogP contribution in [0.5, 0.6) is 5.75 Å². The molecule has 3 amide bonds. The number of hydrazine groups is 1. The number of urea groups is 1. The Morgan fingerprint density at radius 3 is 2.65 bits per heavy atom. The summed E-state index contributed by atoms with van der Waals surface area (Å²) in [6, 6.07) is 6.05. The zero-order valence-electron chi connectivity index (χ0n) is 11.3. The largest absolute Gasteiger partial charge is 0.497 e. The van der Waals surface area contributed by atoms with Crippen molar-refractivity contribution in [2.45, 2.75) is 18.9 Å². The lowest BCUT2D eigenvalue weighted by Crippen LogP contribution is -2.49. The predicted molar refractivity (Wildman–Crippen MR) is 74.1 cm³/mol. The van der Waals surface area contributed by atoms with E-state index < -0.39 is 12.1 Å². The summed E-state index contributed by atoms with van der Waals surface area (Å²) in [5.74, 6) is 0.467. The van der Waals surface area contributed by atoms with Crippen molar-refractivity contribution in [1.29, 1.82) is 0 Å². The Morgan fingerprint density at radius 2 is 2.05 bits per heavy atom. The normalized spacial score (nSPS) is 17.6. The average Bonchev–Trinajstić information content (AvgIpc) is 2.95. The van der Waals surface area contributed by atoms with Crippen molar-refractivity contribution in [2.75, 3.05) is 19.1 Å². The minimum Gasteiger partial charge on any atom is -0.497 e. The van der Waals surface area contributed by atoms with Crippen molar-refractivity contribution >= 4 is 17.6 Å². The van der Waals surface area contributed by atoms with Gasteiger partial charge in [-0.3, -0.25) is 15.6 Å². The third kappa shape index (κ3) is 3.11. The van der Waals surface area contributed by atoms with Crippen molar-refractivity contribution in [3.8, 4) is 5.75 Å². The number of anilines is 1. The second-order valence-corrected chi connectivity index (χ2v) is 4.53. The summed E-state index contributed by atoms with van der Waals surface area (Å²) < 4.78 is 5.04. The highest BCUT2D eigenvalue weighted by molar-refractivity contribution is 5.87. The van der Waals surface area contributed by atoms with Crippen molar-refractivity contribution in [3.63, 3.8) is 0 Å². The molecule has 4 N–H and O–H groups in total. The Labute approximate surface area is 117 Å². The van der Waals surface area contributed by atoms with Crippen LogP contribution in [0.4, 0.5) is 10.5 Å². The summed E-state index contributed by atoms with van der Waals surface area (Å²) in [4.78, 5) is 24.6. The average molecular weight is 278 g/mol. The molecule has 1 saturated heterocycles. The van der Waals surface area contributed by atoms with Gasteiger partial charge in [-0.15, -0.1) is 0 Å². The number of nitrogens with two attached hydrogens (primary N) is 1. The smallest absolute Gasteiger partial charge is 0.315 e. The van der Waals surface area contributed by atoms with E-state index >= 15 is 0 Å². The van der Waals surface area contributed by atoms with Gasteiger partial charge in [-0.25, -0.2) is 4.79 Å². The standard InChI is InChI=1S/C13H18N4O3/c1-20-10-6-4-9(5-7-10)15-16-12(18)11-3-2-8-17(11)13(14)19/h4-7,11,15H,2-3,8H2,1H3,(H2,14,19)(H,16,18). The van der Waals surface area contributed by atoms with Crippen LogP contribution in [-0.2, 0) is 4.79 Å². The predicted octanol–water partition coefficient (Wildman–Crippen LogP) is 0.681. The van der Waals surface area contributed by atoms with Gasteiger partial charge in [0, 0.05) is 6.54 Å². The first kappa shape index (κ1) is 14.0. The summed E-state index contributed by atoms with van der Waals surface area (Å²) in [7, 11) is 1.59. The third-order valence-electron chi connectivity index (χ3n) is 3.26. The fraction of sp³-hybridized carbons (Fsp3) is 0.385. The maximum absolute atomic E-state index is 12.0. The SMILES string of the molecule is COc1ccc(NNC(=O)C2CCCN2C(N)=O)cc1. The summed E-state index contributed by atoms with van der Waals surface area (Å²) in [5, 5.41) is 0. The van der Waals surface area contributed by atoms with E-state index in [9.17, 15) is 9.59 Å². The molecule has 1 aliphatic heterocycles. The van der Waals surface area contributed by atoms with E-state index in [1.165, 1.54) is 4.90 Å². The van der Waals surface area contributed by atoms with Gasteiger partial charge in [0.1, 0.15) is 11.8 Å². The Balaban J connectivity index is 1.89. The number of methoxy groups -OCH3 is 1. The number of amides is 3. The first-order valence-electron chi connectivity index (χ1n) is 6.38. The van der Waals surface area contributed by atoms with Crippen LogP contribution in [0.2, 0.25) is 0 Å². The van der Waals surface area contributed by atoms with Gasteiger partial charge in [0.05, 0.1) is 12.8 Å². The number of nitrogens with zero attached hydrogens (tertiary/aromatic N) is 1. The highest BCUT2D eigenvalue weighted by atomic mass is 16.5. The number of carbonyl (C=O) groups excluding carboxylic acids is 2. The molecule has 0 radical (unpaired) electrons. The number of ether oxygens (including phenoxy) is 1. The molecule has 1 heterocycles. The maximum Gasteiger partial charge on any atom is 0.315 e. The number of nitrogens with one attached hydrogen (secondary N) is 2. The van der Waals surface area contributed by atoms with E-state index in [1.54, 1.807) is 31.4 Å². The number of benzene rings is 1. The molecule has 7 nitrogen and oxygen atoms in total. The van der Waals surface area contributed by atoms with Crippen LogP contribution in [0.25, 0.3) is 0 Å². The highest BCUT2D eigenvalue weighted by Crippen LogP contribution is 2.17. The molecule has 1 fully saturated rings. The summed E-state index contributed by atoms with van der Waals surface area (Å²) in [6.07, 6.45) is 1.41. The minimum atomic E-state index is -0.563. The second kappa shape index (κ2) is 6.14. The Morgan fingerprint density at radius 1 is 1.35 bits per heavy atom. The summed E-state index contributed by atoms with van der Waals surface area (Å²) in [5.41, 5.74) is 11.3. The van der Waals surface area contributed by atoms with Gasteiger partial charge in [-0.2, -0.15) is 0 Å². The summed E-state index contributed by atoms with van der Waals surface area (Å²) in [6.45, 7) is 0.524. The van der Waals surface area contributed by atoms with E-state index in [1.807, 2.05) is 0 Å². The van der Waals surface area contributed by atoms with E-state index in [0.717, 1.165) is 17.9 Å². The van der Waals surface area contributed by atoms with Gasteiger partial charge < -0.3 is 15.4 Å². The number of rotatable bonds is 4. The zero-order valence-corrected chi connectivity index (χ0v) is 11.3. The molecule has 1 atom stereocenters. The first-order valence-corrected chi connectivity index (χ1v) is 6.38. The number of hydrogen-bond acceptors (Lipinski definition) is 4. The number of carbonyl (C=O) groups is 2. The Hall–Kier alpha value is -2.44. The summed E-state index contributed by atoms with van der Waals surface area (Å²) >= 11 is 0. The minimum absolute atomic E-state index is 0.267. The Kier molecular flexibility index (Phi) is 4.29. The molecular weight excluding hydrogens is 260 g/mol. The molecular formula is C13H18N4O3. The lowest BCUT2D eigenvalue weighted by Gasteiger charge is -2.22. The molecule has 1 aliphatic rings. The van der Waals surface area contributed by atoms with Gasteiger partial charge in [0.2, 0.25) is 0 Å². The van der Waals surface area contributed by atoms with E-state index in [4.69, 9.17) is 10.5 Å². The van der Waals surface area contributed by atoms with E-state index in [2.05, 4.69) is 10.9 Å². The lowest BCUT2D eigenvalue weighted by molar-refractivity contribution is -0.124. The molecule has 0 aromatic heterocycles. The molecule has 1 aromatic carbocycles.